The predicted molar refractivity (Wildman–Crippen MR) is 88.6 cm³/mol. The van der Waals surface area contributed by atoms with Crippen molar-refractivity contribution in [1.29, 1.82) is 0 Å². The summed E-state index contributed by atoms with van der Waals surface area (Å²) in [4.78, 5) is 17.0. The van der Waals surface area contributed by atoms with Gasteiger partial charge in [0.2, 0.25) is 5.91 Å². The Balaban J connectivity index is 2.00. The van der Waals surface area contributed by atoms with E-state index < -0.39 is 0 Å². The first kappa shape index (κ1) is 17.0. The van der Waals surface area contributed by atoms with Gasteiger partial charge < -0.3 is 9.64 Å². The summed E-state index contributed by atoms with van der Waals surface area (Å²) in [6.45, 7) is 9.11. The summed E-state index contributed by atoms with van der Waals surface area (Å²) < 4.78 is 5.46. The molecule has 1 saturated heterocycles. The molecule has 0 aromatic heterocycles. The second kappa shape index (κ2) is 8.91. The average molecular weight is 304 g/mol. The topological polar surface area (TPSA) is 32.8 Å². The van der Waals surface area contributed by atoms with Crippen LogP contribution in [0, 0.1) is 0 Å². The number of nitrogens with zero attached hydrogens (tertiary/aromatic N) is 2. The van der Waals surface area contributed by atoms with Gasteiger partial charge in [0.15, 0.2) is 0 Å². The van der Waals surface area contributed by atoms with Crippen molar-refractivity contribution >= 4 is 5.91 Å². The molecule has 4 nitrogen and oxygen atoms in total. The number of hydrogen-bond acceptors (Lipinski definition) is 3. The zero-order chi connectivity index (χ0) is 15.8. The molecule has 2 rings (SSSR count). The number of rotatable bonds is 7. The van der Waals surface area contributed by atoms with Crippen LogP contribution in [0.4, 0.5) is 0 Å². The second-order valence-corrected chi connectivity index (χ2v) is 5.82. The maximum atomic E-state index is 12.5. The van der Waals surface area contributed by atoms with E-state index in [9.17, 15) is 4.79 Å². The Morgan fingerprint density at radius 3 is 2.68 bits per heavy atom. The molecule has 0 spiro atoms. The minimum atomic E-state index is 0.273. The van der Waals surface area contributed by atoms with Crippen molar-refractivity contribution in [2.24, 2.45) is 0 Å². The van der Waals surface area contributed by atoms with Crippen LogP contribution in [0.15, 0.2) is 30.3 Å². The highest BCUT2D eigenvalue weighted by atomic mass is 16.5. The molecule has 0 unspecified atom stereocenters. The normalized spacial score (nSPS) is 20.2. The number of carbonyl (C=O) groups is 1. The number of benzene rings is 1. The molecule has 4 heteroatoms. The minimum Gasteiger partial charge on any atom is -0.380 e. The third-order valence-electron chi connectivity index (χ3n) is 4.29. The Bertz CT molecular complexity index is 450. The van der Waals surface area contributed by atoms with E-state index in [-0.39, 0.29) is 11.9 Å². The predicted octanol–water partition coefficient (Wildman–Crippen LogP) is 2.54. The largest absolute Gasteiger partial charge is 0.380 e. The highest BCUT2D eigenvalue weighted by molar-refractivity contribution is 5.77. The van der Waals surface area contributed by atoms with Gasteiger partial charge in [-0.1, -0.05) is 37.3 Å². The minimum absolute atomic E-state index is 0.273. The number of ether oxygens (including phenoxy) is 1. The Morgan fingerprint density at radius 2 is 2.00 bits per heavy atom. The van der Waals surface area contributed by atoms with Gasteiger partial charge in [-0.25, -0.2) is 0 Å². The Morgan fingerprint density at radius 1 is 1.23 bits per heavy atom. The molecule has 0 aliphatic carbocycles. The van der Waals surface area contributed by atoms with E-state index in [1.54, 1.807) is 0 Å². The van der Waals surface area contributed by atoms with Crippen LogP contribution in [0.25, 0.3) is 0 Å². The summed E-state index contributed by atoms with van der Waals surface area (Å²) in [6.07, 6.45) is 1.60. The van der Waals surface area contributed by atoms with E-state index in [2.05, 4.69) is 28.9 Å². The van der Waals surface area contributed by atoms with Crippen molar-refractivity contribution in [3.05, 3.63) is 35.9 Å². The summed E-state index contributed by atoms with van der Waals surface area (Å²) in [5, 5.41) is 0. The SMILES string of the molecule is CCOCCN1CCC(=O)N(Cc2ccccc2)[C@@H](CC)C1. The van der Waals surface area contributed by atoms with Crippen LogP contribution < -0.4 is 0 Å². The molecule has 22 heavy (non-hydrogen) atoms. The zero-order valence-electron chi connectivity index (χ0n) is 13.8. The molecule has 1 fully saturated rings. The Labute approximate surface area is 134 Å². The second-order valence-electron chi connectivity index (χ2n) is 5.82. The van der Waals surface area contributed by atoms with Crippen LogP contribution in [0.5, 0.6) is 0 Å². The molecule has 1 amide bonds. The van der Waals surface area contributed by atoms with Gasteiger partial charge in [0, 0.05) is 45.2 Å². The van der Waals surface area contributed by atoms with Crippen LogP contribution in [0.3, 0.4) is 0 Å². The van der Waals surface area contributed by atoms with E-state index in [4.69, 9.17) is 4.74 Å². The molecule has 0 radical (unpaired) electrons. The Kier molecular flexibility index (Phi) is 6.87. The fourth-order valence-corrected chi connectivity index (χ4v) is 2.98. The van der Waals surface area contributed by atoms with Crippen LogP contribution in [0.2, 0.25) is 0 Å². The highest BCUT2D eigenvalue weighted by Gasteiger charge is 2.28. The van der Waals surface area contributed by atoms with Crippen molar-refractivity contribution in [1.82, 2.24) is 9.80 Å². The van der Waals surface area contributed by atoms with Gasteiger partial charge in [0.1, 0.15) is 0 Å². The monoisotopic (exact) mass is 304 g/mol. The molecule has 0 saturated carbocycles. The van der Waals surface area contributed by atoms with Crippen LogP contribution in [-0.4, -0.2) is 54.6 Å². The van der Waals surface area contributed by atoms with Gasteiger partial charge in [-0.3, -0.25) is 9.69 Å². The standard InChI is InChI=1S/C18H28N2O2/c1-3-17-15-19(12-13-22-4-2)11-10-18(21)20(17)14-16-8-6-5-7-9-16/h5-9,17H,3-4,10-15H2,1-2H3/t17-/m0/s1. The first-order valence-corrected chi connectivity index (χ1v) is 8.38. The van der Waals surface area contributed by atoms with Crippen molar-refractivity contribution in [3.63, 3.8) is 0 Å². The number of amides is 1. The third-order valence-corrected chi connectivity index (χ3v) is 4.29. The van der Waals surface area contributed by atoms with E-state index in [0.717, 1.165) is 45.8 Å². The molecule has 1 atom stereocenters. The number of carbonyl (C=O) groups excluding carboxylic acids is 1. The molecule has 0 bridgehead atoms. The van der Waals surface area contributed by atoms with E-state index in [1.165, 1.54) is 5.56 Å². The maximum Gasteiger partial charge on any atom is 0.224 e. The van der Waals surface area contributed by atoms with Gasteiger partial charge in [-0.15, -0.1) is 0 Å². The lowest BCUT2D eigenvalue weighted by atomic mass is 10.1. The lowest BCUT2D eigenvalue weighted by Crippen LogP contribution is -2.43. The molecule has 1 aromatic carbocycles. The summed E-state index contributed by atoms with van der Waals surface area (Å²) >= 11 is 0. The number of hydrogen-bond donors (Lipinski definition) is 0. The first-order valence-electron chi connectivity index (χ1n) is 8.38. The lowest BCUT2D eigenvalue weighted by molar-refractivity contribution is -0.133. The molecular weight excluding hydrogens is 276 g/mol. The smallest absolute Gasteiger partial charge is 0.224 e. The van der Waals surface area contributed by atoms with E-state index >= 15 is 0 Å². The fraction of sp³-hybridized carbons (Fsp3) is 0.611. The lowest BCUT2D eigenvalue weighted by Gasteiger charge is -2.31. The van der Waals surface area contributed by atoms with Crippen LogP contribution >= 0.6 is 0 Å². The van der Waals surface area contributed by atoms with Crippen LogP contribution in [0.1, 0.15) is 32.3 Å². The summed E-state index contributed by atoms with van der Waals surface area (Å²) in [5.41, 5.74) is 1.21. The third kappa shape index (κ3) is 4.82. The van der Waals surface area contributed by atoms with Crippen molar-refractivity contribution < 1.29 is 9.53 Å². The molecule has 122 valence electrons. The van der Waals surface area contributed by atoms with Gasteiger partial charge in [-0.2, -0.15) is 0 Å². The quantitative estimate of drug-likeness (QED) is 0.726. The van der Waals surface area contributed by atoms with E-state index in [0.29, 0.717) is 6.42 Å². The van der Waals surface area contributed by atoms with Crippen molar-refractivity contribution in [2.75, 3.05) is 32.8 Å². The average Bonchev–Trinajstić information content (AvgIpc) is 2.69. The van der Waals surface area contributed by atoms with Gasteiger partial charge in [-0.05, 0) is 18.9 Å². The highest BCUT2D eigenvalue weighted by Crippen LogP contribution is 2.17. The van der Waals surface area contributed by atoms with Crippen LogP contribution in [-0.2, 0) is 16.1 Å². The summed E-state index contributed by atoms with van der Waals surface area (Å²) in [6, 6.07) is 10.6. The first-order chi connectivity index (χ1) is 10.7. The maximum absolute atomic E-state index is 12.5. The van der Waals surface area contributed by atoms with E-state index in [1.807, 2.05) is 25.1 Å². The summed E-state index contributed by atoms with van der Waals surface area (Å²) in [5.74, 6) is 0.273. The molecule has 1 aliphatic heterocycles. The van der Waals surface area contributed by atoms with Gasteiger partial charge in [0.05, 0.1) is 6.61 Å². The summed E-state index contributed by atoms with van der Waals surface area (Å²) in [7, 11) is 0. The molecule has 0 N–H and O–H groups in total. The molecule has 1 heterocycles. The Hall–Kier alpha value is -1.39. The molecular formula is C18H28N2O2. The van der Waals surface area contributed by atoms with Crippen molar-refractivity contribution in [3.8, 4) is 0 Å². The zero-order valence-corrected chi connectivity index (χ0v) is 13.8. The van der Waals surface area contributed by atoms with Crippen molar-refractivity contribution in [2.45, 2.75) is 39.3 Å². The van der Waals surface area contributed by atoms with Gasteiger partial charge in [0.25, 0.3) is 0 Å². The molecule has 1 aliphatic rings. The van der Waals surface area contributed by atoms with Gasteiger partial charge >= 0.3 is 0 Å². The molecule has 1 aromatic rings. The fourth-order valence-electron chi connectivity index (χ4n) is 2.98.